The van der Waals surface area contributed by atoms with Gasteiger partial charge in [-0.15, -0.1) is 0 Å². The lowest BCUT2D eigenvalue weighted by atomic mass is 10.1. The number of aliphatic hydroxyl groups excluding tert-OH is 1. The second kappa shape index (κ2) is 12.9. The summed E-state index contributed by atoms with van der Waals surface area (Å²) in [6.07, 6.45) is -1.54. The summed E-state index contributed by atoms with van der Waals surface area (Å²) in [6.45, 7) is 1.38. The van der Waals surface area contributed by atoms with E-state index in [4.69, 9.17) is 28.7 Å². The van der Waals surface area contributed by atoms with Crippen LogP contribution in [0.1, 0.15) is 26.2 Å². The Bertz CT molecular complexity index is 678. The minimum Gasteiger partial charge on any atom is -0.391 e. The molecule has 0 aliphatic heterocycles. The largest absolute Gasteiger partial charge is 0.391 e. The summed E-state index contributed by atoms with van der Waals surface area (Å²) in [5, 5.41) is 15.6. The number of rotatable bonds is 12. The number of nitrogens with one attached hydrogen (secondary N) is 3. The van der Waals surface area contributed by atoms with E-state index >= 15 is 0 Å². The van der Waals surface area contributed by atoms with Gasteiger partial charge < -0.3 is 44.4 Å². The fraction of sp³-hybridized carbons (Fsp3) is 0.600. The topological polar surface area (TPSA) is 284 Å². The van der Waals surface area contributed by atoms with E-state index in [0.717, 1.165) is 0 Å². The highest BCUT2D eigenvalue weighted by Crippen LogP contribution is 2.01. The molecule has 0 saturated carbocycles. The Balaban J connectivity index is 5.19. The number of carbonyl (C=O) groups is 5. The van der Waals surface area contributed by atoms with Crippen LogP contribution in [0.2, 0.25) is 0 Å². The molecule has 0 bridgehead atoms. The summed E-state index contributed by atoms with van der Waals surface area (Å²) in [7, 11) is 0. The summed E-state index contributed by atoms with van der Waals surface area (Å²) < 4.78 is 0. The van der Waals surface area contributed by atoms with Gasteiger partial charge in [-0.2, -0.15) is 0 Å². The number of hydrogen-bond acceptors (Lipinski definition) is 8. The van der Waals surface area contributed by atoms with Gasteiger partial charge in [-0.25, -0.2) is 4.79 Å². The first-order valence-electron chi connectivity index (χ1n) is 8.83. The normalized spacial score (nSPS) is 14.4. The van der Waals surface area contributed by atoms with Gasteiger partial charge in [-0.05, 0) is 19.8 Å². The molecular formula is C15H29N9O6. The lowest BCUT2D eigenvalue weighted by Crippen LogP contribution is -2.57. The molecule has 0 aliphatic carbocycles. The van der Waals surface area contributed by atoms with Crippen molar-refractivity contribution >= 4 is 35.6 Å². The quantitative estimate of drug-likeness (QED) is 0.0809. The monoisotopic (exact) mass is 431 g/mol. The van der Waals surface area contributed by atoms with Gasteiger partial charge in [0.25, 0.3) is 0 Å². The number of primary amides is 2. The van der Waals surface area contributed by atoms with Crippen LogP contribution in [0.4, 0.5) is 4.79 Å². The first-order chi connectivity index (χ1) is 13.8. The summed E-state index contributed by atoms with van der Waals surface area (Å²) >= 11 is 0. The van der Waals surface area contributed by atoms with Crippen molar-refractivity contribution in [1.29, 1.82) is 0 Å². The van der Waals surface area contributed by atoms with Crippen LogP contribution < -0.4 is 44.6 Å². The van der Waals surface area contributed by atoms with E-state index < -0.39 is 60.3 Å². The zero-order valence-electron chi connectivity index (χ0n) is 16.5. The number of aliphatic imine (C=N–C) groups is 1. The van der Waals surface area contributed by atoms with Crippen LogP contribution in [0.25, 0.3) is 0 Å². The number of amides is 6. The number of nitrogens with zero attached hydrogens (tertiary/aromatic N) is 1. The Kier molecular flexibility index (Phi) is 11.4. The van der Waals surface area contributed by atoms with Gasteiger partial charge in [0.1, 0.15) is 18.1 Å². The number of urea groups is 1. The molecule has 0 spiro atoms. The van der Waals surface area contributed by atoms with Crippen molar-refractivity contribution in [2.45, 2.75) is 50.4 Å². The van der Waals surface area contributed by atoms with Crippen LogP contribution in [0.5, 0.6) is 0 Å². The molecule has 0 saturated heterocycles. The molecular weight excluding hydrogens is 402 g/mol. The average Bonchev–Trinajstić information content (AvgIpc) is 2.61. The van der Waals surface area contributed by atoms with Crippen molar-refractivity contribution in [3.8, 4) is 0 Å². The van der Waals surface area contributed by atoms with Gasteiger partial charge in [-0.3, -0.25) is 29.5 Å². The summed E-state index contributed by atoms with van der Waals surface area (Å²) in [5.41, 5.74) is 26.0. The van der Waals surface area contributed by atoms with Gasteiger partial charge in [-0.1, -0.05) is 0 Å². The third-order valence-corrected chi connectivity index (χ3v) is 3.69. The summed E-state index contributed by atoms with van der Waals surface area (Å²) in [5.74, 6) is -3.91. The molecule has 0 fully saturated rings. The van der Waals surface area contributed by atoms with Crippen LogP contribution in [0, 0.1) is 0 Å². The molecule has 0 aromatic rings. The highest BCUT2D eigenvalue weighted by Gasteiger charge is 2.28. The SMILES string of the molecule is C[C@@H](O)[C@H](N)C(=O)NC(=O)N[C@@H](CCCN=C(N)N)C(=O)N[C@@H](CC(N)=O)C(N)=O. The number of imide groups is 1. The molecule has 15 heteroatoms. The first kappa shape index (κ1) is 26.5. The molecule has 6 amide bonds. The smallest absolute Gasteiger partial charge is 0.322 e. The van der Waals surface area contributed by atoms with E-state index in [2.05, 4.69) is 15.6 Å². The van der Waals surface area contributed by atoms with Gasteiger partial charge >= 0.3 is 6.03 Å². The molecule has 0 aromatic heterocycles. The number of nitrogens with two attached hydrogens (primary N) is 5. The van der Waals surface area contributed by atoms with E-state index in [1.807, 2.05) is 5.32 Å². The Labute approximate surface area is 172 Å². The maximum absolute atomic E-state index is 12.5. The third-order valence-electron chi connectivity index (χ3n) is 3.69. The fourth-order valence-electron chi connectivity index (χ4n) is 2.08. The second-order valence-corrected chi connectivity index (χ2v) is 6.36. The summed E-state index contributed by atoms with van der Waals surface area (Å²) in [4.78, 5) is 62.5. The van der Waals surface area contributed by atoms with E-state index in [0.29, 0.717) is 0 Å². The number of aliphatic hydroxyl groups is 1. The highest BCUT2D eigenvalue weighted by atomic mass is 16.3. The molecule has 0 aromatic carbocycles. The van der Waals surface area contributed by atoms with E-state index in [-0.39, 0.29) is 25.3 Å². The highest BCUT2D eigenvalue weighted by molar-refractivity contribution is 5.99. The molecule has 0 heterocycles. The van der Waals surface area contributed by atoms with Crippen LogP contribution in [-0.2, 0) is 19.2 Å². The predicted molar refractivity (Wildman–Crippen MR) is 105 cm³/mol. The Morgan fingerprint density at radius 1 is 0.967 bits per heavy atom. The van der Waals surface area contributed by atoms with Gasteiger partial charge in [0, 0.05) is 6.54 Å². The van der Waals surface area contributed by atoms with Crippen molar-refractivity contribution in [2.75, 3.05) is 6.54 Å². The number of guanidine groups is 1. The van der Waals surface area contributed by atoms with Crippen molar-refractivity contribution in [1.82, 2.24) is 16.0 Å². The van der Waals surface area contributed by atoms with Crippen LogP contribution in [-0.4, -0.2) is 71.5 Å². The molecule has 170 valence electrons. The van der Waals surface area contributed by atoms with Gasteiger partial charge in [0.15, 0.2) is 5.96 Å². The summed E-state index contributed by atoms with van der Waals surface area (Å²) in [6, 6.07) is -5.11. The molecule has 0 radical (unpaired) electrons. The van der Waals surface area contributed by atoms with E-state index in [1.165, 1.54) is 6.92 Å². The lowest BCUT2D eigenvalue weighted by Gasteiger charge is -2.22. The van der Waals surface area contributed by atoms with Gasteiger partial charge in [0.05, 0.1) is 12.5 Å². The zero-order valence-corrected chi connectivity index (χ0v) is 16.5. The first-order valence-corrected chi connectivity index (χ1v) is 8.83. The minimum absolute atomic E-state index is 0.00522. The molecule has 30 heavy (non-hydrogen) atoms. The third kappa shape index (κ3) is 10.8. The van der Waals surface area contributed by atoms with Crippen molar-refractivity contribution in [3.63, 3.8) is 0 Å². The fourth-order valence-corrected chi connectivity index (χ4v) is 2.08. The van der Waals surface area contributed by atoms with Crippen molar-refractivity contribution in [2.24, 2.45) is 33.7 Å². The molecule has 4 atom stereocenters. The molecule has 15 nitrogen and oxygen atoms in total. The molecule has 0 unspecified atom stereocenters. The van der Waals surface area contributed by atoms with Gasteiger partial charge in [0.2, 0.25) is 23.6 Å². The standard InChI is InChI=1S/C15H29N9O6/c1-6(25)10(17)13(29)24-15(30)23-7(3-2-4-21-14(19)20)12(28)22-8(11(18)27)5-9(16)26/h6-8,10,25H,2-5,17H2,1H3,(H2,16,26)(H2,18,27)(H,22,28)(H4,19,20,21)(H2,23,24,29,30)/t6-,7+,8+,10+/m1/s1. The van der Waals surface area contributed by atoms with E-state index in [1.54, 1.807) is 0 Å². The van der Waals surface area contributed by atoms with Crippen molar-refractivity contribution in [3.05, 3.63) is 0 Å². The Morgan fingerprint density at radius 3 is 2.03 bits per heavy atom. The number of hydrogen-bond donors (Lipinski definition) is 9. The maximum Gasteiger partial charge on any atom is 0.322 e. The number of carbonyl (C=O) groups excluding carboxylic acids is 5. The second-order valence-electron chi connectivity index (χ2n) is 6.36. The van der Waals surface area contributed by atoms with Crippen molar-refractivity contribution < 1.29 is 29.1 Å². The Morgan fingerprint density at radius 2 is 1.57 bits per heavy atom. The maximum atomic E-state index is 12.5. The van der Waals surface area contributed by atoms with Crippen LogP contribution in [0.15, 0.2) is 4.99 Å². The predicted octanol–water partition coefficient (Wildman–Crippen LogP) is -5.21. The molecule has 0 rings (SSSR count). The Hall–Kier alpha value is -3.46. The lowest BCUT2D eigenvalue weighted by molar-refractivity contribution is -0.130. The molecule has 0 aliphatic rings. The average molecular weight is 431 g/mol. The minimum atomic E-state index is -1.40. The van der Waals surface area contributed by atoms with E-state index in [9.17, 15) is 29.1 Å². The van der Waals surface area contributed by atoms with Crippen LogP contribution in [0.3, 0.4) is 0 Å². The zero-order chi connectivity index (χ0) is 23.4. The molecule has 14 N–H and O–H groups in total. The van der Waals surface area contributed by atoms with Crippen LogP contribution >= 0.6 is 0 Å².